The molecule has 0 unspecified atom stereocenters. The van der Waals surface area contributed by atoms with E-state index in [0.717, 1.165) is 22.7 Å². The summed E-state index contributed by atoms with van der Waals surface area (Å²) >= 11 is 0. The topological polar surface area (TPSA) is 6.48 Å². The van der Waals surface area contributed by atoms with Gasteiger partial charge < -0.3 is 9.80 Å². The fourth-order valence-corrected chi connectivity index (χ4v) is 11.0. The maximum atomic E-state index is 2.56. The molecule has 0 saturated heterocycles. The van der Waals surface area contributed by atoms with Crippen LogP contribution in [0.1, 0.15) is 47.2 Å². The van der Waals surface area contributed by atoms with Gasteiger partial charge in [0.1, 0.15) is 0 Å². The normalized spacial score (nSPS) is 14.0. The first-order valence-electron chi connectivity index (χ1n) is 22.4. The van der Waals surface area contributed by atoms with Crippen molar-refractivity contribution < 1.29 is 0 Å². The summed E-state index contributed by atoms with van der Waals surface area (Å²) in [5, 5.41) is 2.38. The van der Waals surface area contributed by atoms with Crippen LogP contribution < -0.4 is 9.80 Å². The Balaban J connectivity index is 1.15. The van der Waals surface area contributed by atoms with Crippen molar-refractivity contribution in [3.63, 3.8) is 0 Å². The smallest absolute Gasteiger partial charge is 0.0781 e. The molecule has 0 N–H and O–H groups in total. The van der Waals surface area contributed by atoms with Crippen molar-refractivity contribution in [2.45, 2.75) is 24.7 Å². The highest BCUT2D eigenvalue weighted by atomic mass is 15.2. The van der Waals surface area contributed by atoms with E-state index >= 15 is 0 Å². The first-order chi connectivity index (χ1) is 31.5. The number of hydrogen-bond donors (Lipinski definition) is 0. The molecular weight excluding hydrogens is 773 g/mol. The lowest BCUT2D eigenvalue weighted by Crippen LogP contribution is -2.31. The van der Waals surface area contributed by atoms with E-state index in [-0.39, 0.29) is 5.41 Å². The van der Waals surface area contributed by atoms with E-state index < -0.39 is 5.41 Å². The Labute approximate surface area is 376 Å². The zero-order valence-corrected chi connectivity index (χ0v) is 36.0. The largest absolute Gasteiger partial charge is 0.308 e. The molecule has 10 aromatic carbocycles. The van der Waals surface area contributed by atoms with Crippen molar-refractivity contribution in [3.8, 4) is 22.3 Å². The first kappa shape index (κ1) is 37.8. The van der Waals surface area contributed by atoms with Crippen LogP contribution in [0.5, 0.6) is 0 Å². The molecule has 2 aliphatic rings. The van der Waals surface area contributed by atoms with Crippen molar-refractivity contribution in [3.05, 3.63) is 276 Å². The zero-order chi connectivity index (χ0) is 42.8. The predicted octanol–water partition coefficient (Wildman–Crippen LogP) is 16.4. The van der Waals surface area contributed by atoms with Crippen molar-refractivity contribution >= 4 is 44.9 Å². The summed E-state index contributed by atoms with van der Waals surface area (Å²) in [4.78, 5) is 5.05. The Morgan fingerprint density at radius 3 is 1.69 bits per heavy atom. The van der Waals surface area contributed by atoms with E-state index in [2.05, 4.69) is 266 Å². The SMILES string of the molecule is CC1(C)c2ccccc2N(c2c(N(c3ccccc3)c3ccc4c(c3)C(c3ccccc3)(c3ccccc3)c3ccccc3-4)ccc3ccccc23)c2ccc(-c3ccccc3)cc21. The number of fused-ring (bicyclic) bond motifs is 6. The minimum absolute atomic E-state index is 0.260. The van der Waals surface area contributed by atoms with Gasteiger partial charge >= 0.3 is 0 Å². The second kappa shape index (κ2) is 14.9. The molecule has 304 valence electrons. The van der Waals surface area contributed by atoms with Gasteiger partial charge in [-0.2, -0.15) is 0 Å². The average Bonchev–Trinajstić information content (AvgIpc) is 3.66. The summed E-state index contributed by atoms with van der Waals surface area (Å²) in [5.41, 5.74) is 18.6. The third-order valence-corrected chi connectivity index (χ3v) is 13.9. The molecule has 12 rings (SSSR count). The van der Waals surface area contributed by atoms with Gasteiger partial charge in [-0.25, -0.2) is 0 Å². The molecule has 0 fully saturated rings. The van der Waals surface area contributed by atoms with Crippen LogP contribution >= 0.6 is 0 Å². The highest BCUT2D eigenvalue weighted by molar-refractivity contribution is 6.09. The van der Waals surface area contributed by atoms with E-state index in [1.807, 2.05) is 0 Å². The molecular formula is C62H46N2. The lowest BCUT2D eigenvalue weighted by Gasteiger charge is -2.44. The fourth-order valence-electron chi connectivity index (χ4n) is 11.0. The molecule has 1 aliphatic heterocycles. The summed E-state index contributed by atoms with van der Waals surface area (Å²) in [6.45, 7) is 4.76. The Bertz CT molecular complexity index is 3320. The second-order valence-corrected chi connectivity index (χ2v) is 17.7. The van der Waals surface area contributed by atoms with Crippen LogP contribution in [0.4, 0.5) is 34.1 Å². The van der Waals surface area contributed by atoms with Gasteiger partial charge in [-0.15, -0.1) is 0 Å². The summed E-state index contributed by atoms with van der Waals surface area (Å²) in [6, 6.07) is 89.7. The van der Waals surface area contributed by atoms with Gasteiger partial charge in [0.25, 0.3) is 0 Å². The van der Waals surface area contributed by atoms with Gasteiger partial charge in [0, 0.05) is 22.2 Å². The van der Waals surface area contributed by atoms with Crippen LogP contribution in [0, 0.1) is 0 Å². The molecule has 0 aromatic heterocycles. The number of hydrogen-bond acceptors (Lipinski definition) is 2. The predicted molar refractivity (Wildman–Crippen MR) is 268 cm³/mol. The second-order valence-electron chi connectivity index (χ2n) is 17.7. The zero-order valence-electron chi connectivity index (χ0n) is 36.0. The minimum Gasteiger partial charge on any atom is -0.308 e. The lowest BCUT2D eigenvalue weighted by molar-refractivity contribution is 0.632. The Kier molecular flexibility index (Phi) is 8.77. The van der Waals surface area contributed by atoms with Crippen LogP contribution in [0.15, 0.2) is 243 Å². The number of benzene rings is 10. The van der Waals surface area contributed by atoms with Gasteiger partial charge in [-0.3, -0.25) is 0 Å². The molecule has 0 radical (unpaired) electrons. The Morgan fingerprint density at radius 1 is 0.375 bits per heavy atom. The Hall–Kier alpha value is -7.94. The quantitative estimate of drug-likeness (QED) is 0.158. The number of anilines is 6. The van der Waals surface area contributed by atoms with Gasteiger partial charge in [0.2, 0.25) is 0 Å². The van der Waals surface area contributed by atoms with Gasteiger partial charge in [0.15, 0.2) is 0 Å². The highest BCUT2D eigenvalue weighted by Gasteiger charge is 2.46. The van der Waals surface area contributed by atoms with Crippen LogP contribution in [0.3, 0.4) is 0 Å². The van der Waals surface area contributed by atoms with E-state index in [4.69, 9.17) is 0 Å². The van der Waals surface area contributed by atoms with Crippen LogP contribution in [0.2, 0.25) is 0 Å². The average molecular weight is 819 g/mol. The van der Waals surface area contributed by atoms with E-state index in [1.165, 1.54) is 77.8 Å². The van der Waals surface area contributed by atoms with Crippen molar-refractivity contribution in [2.24, 2.45) is 0 Å². The van der Waals surface area contributed by atoms with Crippen LogP contribution in [-0.4, -0.2) is 0 Å². The molecule has 1 aliphatic carbocycles. The third kappa shape index (κ3) is 5.65. The molecule has 0 saturated carbocycles. The Morgan fingerprint density at radius 2 is 0.953 bits per heavy atom. The molecule has 0 amide bonds. The summed E-state index contributed by atoms with van der Waals surface area (Å²) in [7, 11) is 0. The maximum absolute atomic E-state index is 2.56. The van der Waals surface area contributed by atoms with Gasteiger partial charge in [0.05, 0.1) is 28.2 Å². The molecule has 64 heavy (non-hydrogen) atoms. The highest BCUT2D eigenvalue weighted by Crippen LogP contribution is 2.60. The van der Waals surface area contributed by atoms with Gasteiger partial charge in [-0.1, -0.05) is 208 Å². The van der Waals surface area contributed by atoms with Crippen LogP contribution in [0.25, 0.3) is 33.0 Å². The molecule has 10 aromatic rings. The van der Waals surface area contributed by atoms with Crippen molar-refractivity contribution in [2.75, 3.05) is 9.80 Å². The summed E-state index contributed by atoms with van der Waals surface area (Å²) in [5.74, 6) is 0. The van der Waals surface area contributed by atoms with Crippen molar-refractivity contribution in [1.29, 1.82) is 0 Å². The fraction of sp³-hybridized carbons (Fsp3) is 0.0645. The lowest BCUT2D eigenvalue weighted by atomic mass is 9.67. The third-order valence-electron chi connectivity index (χ3n) is 13.9. The van der Waals surface area contributed by atoms with E-state index in [0.29, 0.717) is 0 Å². The molecule has 2 heteroatoms. The first-order valence-corrected chi connectivity index (χ1v) is 22.4. The molecule has 2 nitrogen and oxygen atoms in total. The van der Waals surface area contributed by atoms with Crippen LogP contribution in [-0.2, 0) is 10.8 Å². The molecule has 0 spiro atoms. The van der Waals surface area contributed by atoms with Crippen molar-refractivity contribution in [1.82, 2.24) is 0 Å². The monoisotopic (exact) mass is 818 g/mol. The van der Waals surface area contributed by atoms with E-state index in [1.54, 1.807) is 0 Å². The number of para-hydroxylation sites is 2. The maximum Gasteiger partial charge on any atom is 0.0781 e. The molecule has 1 heterocycles. The summed E-state index contributed by atoms with van der Waals surface area (Å²) in [6.07, 6.45) is 0. The molecule has 0 bridgehead atoms. The molecule has 0 atom stereocenters. The standard InChI is InChI=1S/C62H46N2/c1-61(2)54-33-19-20-34-57(54)64(58-39-36-45(41-56(58)61)43-21-7-3-8-22-43)60-50-30-16-15-23-44(50)35-40-59(60)63(48-28-13-6-14-29-48)49-37-38-52-51-31-17-18-32-53(51)62(55(52)42-49,46-24-9-4-10-25-46)47-26-11-5-12-27-47/h3-42H,1-2H3. The number of nitrogens with zero attached hydrogens (tertiary/aromatic N) is 2. The number of rotatable bonds is 7. The minimum atomic E-state index is -0.536. The van der Waals surface area contributed by atoms with Gasteiger partial charge in [-0.05, 0) is 110 Å². The van der Waals surface area contributed by atoms with E-state index in [9.17, 15) is 0 Å². The summed E-state index contributed by atoms with van der Waals surface area (Å²) < 4.78 is 0.